The Bertz CT molecular complexity index is 504. The van der Waals surface area contributed by atoms with E-state index in [0.29, 0.717) is 5.56 Å². The molecule has 0 radical (unpaired) electrons. The van der Waals surface area contributed by atoms with Crippen LogP contribution in [0.3, 0.4) is 0 Å². The molecule has 0 aliphatic carbocycles. The average molecular weight is 208 g/mol. The van der Waals surface area contributed by atoms with Crippen LogP contribution in [0.1, 0.15) is 5.56 Å². The first-order valence-corrected chi connectivity index (χ1v) is 5.12. The van der Waals surface area contributed by atoms with Gasteiger partial charge in [-0.15, -0.1) is 0 Å². The molecule has 0 aliphatic rings. The molecule has 0 amide bonds. The van der Waals surface area contributed by atoms with Crippen molar-refractivity contribution < 1.29 is 0 Å². The van der Waals surface area contributed by atoms with Crippen LogP contribution in [-0.4, -0.2) is 7.05 Å². The maximum atomic E-state index is 8.71. The van der Waals surface area contributed by atoms with E-state index in [4.69, 9.17) is 5.26 Å². The number of benzene rings is 2. The monoisotopic (exact) mass is 208 g/mol. The van der Waals surface area contributed by atoms with Crippen molar-refractivity contribution in [1.29, 1.82) is 5.26 Å². The Morgan fingerprint density at radius 2 is 1.38 bits per heavy atom. The zero-order chi connectivity index (χ0) is 11.4. The first-order valence-electron chi connectivity index (χ1n) is 5.12. The summed E-state index contributed by atoms with van der Waals surface area (Å²) in [6, 6.07) is 17.9. The number of nitrogens with one attached hydrogen (secondary N) is 1. The summed E-state index contributed by atoms with van der Waals surface area (Å²) in [4.78, 5) is 0. The summed E-state index contributed by atoms with van der Waals surface area (Å²) >= 11 is 0. The topological polar surface area (TPSA) is 35.8 Å². The fraction of sp³-hybridized carbons (Fsp3) is 0.0714. The van der Waals surface area contributed by atoms with E-state index in [9.17, 15) is 0 Å². The molecular weight excluding hydrogens is 196 g/mol. The Labute approximate surface area is 95.2 Å². The van der Waals surface area contributed by atoms with E-state index in [1.165, 1.54) is 0 Å². The van der Waals surface area contributed by atoms with Crippen molar-refractivity contribution >= 4 is 5.69 Å². The lowest BCUT2D eigenvalue weighted by molar-refractivity contribution is 1.48. The van der Waals surface area contributed by atoms with Gasteiger partial charge in [0, 0.05) is 12.7 Å². The van der Waals surface area contributed by atoms with Gasteiger partial charge in [0.15, 0.2) is 0 Å². The first-order chi connectivity index (χ1) is 7.83. The van der Waals surface area contributed by atoms with Crippen molar-refractivity contribution in [1.82, 2.24) is 0 Å². The van der Waals surface area contributed by atoms with Crippen LogP contribution in [0.5, 0.6) is 0 Å². The maximum absolute atomic E-state index is 8.71. The summed E-state index contributed by atoms with van der Waals surface area (Å²) < 4.78 is 0. The Balaban J connectivity index is 2.32. The SMILES string of the molecule is CNc1ccc(-c2ccc(C#N)cc2)cc1. The van der Waals surface area contributed by atoms with Gasteiger partial charge in [-0.3, -0.25) is 0 Å². The van der Waals surface area contributed by atoms with Crippen LogP contribution < -0.4 is 5.32 Å². The molecule has 2 aromatic carbocycles. The van der Waals surface area contributed by atoms with E-state index in [0.717, 1.165) is 16.8 Å². The Hall–Kier alpha value is -2.27. The summed E-state index contributed by atoms with van der Waals surface area (Å²) in [5.41, 5.74) is 4.07. The Kier molecular flexibility index (Phi) is 2.88. The summed E-state index contributed by atoms with van der Waals surface area (Å²) in [5, 5.41) is 11.8. The van der Waals surface area contributed by atoms with Gasteiger partial charge in [0.2, 0.25) is 0 Å². The molecule has 2 aromatic rings. The number of rotatable bonds is 2. The molecular formula is C14H12N2. The smallest absolute Gasteiger partial charge is 0.0991 e. The molecule has 0 spiro atoms. The standard InChI is InChI=1S/C14H12N2/c1-16-14-8-6-13(7-9-14)12-4-2-11(10-15)3-5-12/h2-9,16H,1H3. The molecule has 2 nitrogen and oxygen atoms in total. The van der Waals surface area contributed by atoms with Gasteiger partial charge >= 0.3 is 0 Å². The van der Waals surface area contributed by atoms with Gasteiger partial charge < -0.3 is 5.32 Å². The second-order valence-electron chi connectivity index (χ2n) is 3.52. The molecule has 0 aliphatic heterocycles. The predicted octanol–water partition coefficient (Wildman–Crippen LogP) is 3.27. The highest BCUT2D eigenvalue weighted by Crippen LogP contribution is 2.21. The van der Waals surface area contributed by atoms with Gasteiger partial charge in [-0.05, 0) is 35.4 Å². The normalized spacial score (nSPS) is 9.50. The van der Waals surface area contributed by atoms with Crippen molar-refractivity contribution in [3.63, 3.8) is 0 Å². The minimum Gasteiger partial charge on any atom is -0.388 e. The third-order valence-electron chi connectivity index (χ3n) is 2.52. The summed E-state index contributed by atoms with van der Waals surface area (Å²) in [5.74, 6) is 0. The zero-order valence-electron chi connectivity index (χ0n) is 9.07. The summed E-state index contributed by atoms with van der Waals surface area (Å²) in [6.07, 6.45) is 0. The molecule has 0 saturated carbocycles. The van der Waals surface area contributed by atoms with Crippen LogP contribution in [0.4, 0.5) is 5.69 Å². The number of anilines is 1. The molecule has 1 N–H and O–H groups in total. The predicted molar refractivity (Wildman–Crippen MR) is 66.1 cm³/mol. The summed E-state index contributed by atoms with van der Waals surface area (Å²) in [6.45, 7) is 0. The van der Waals surface area contributed by atoms with Gasteiger partial charge in [0.05, 0.1) is 11.6 Å². The van der Waals surface area contributed by atoms with E-state index < -0.39 is 0 Å². The Morgan fingerprint density at radius 1 is 0.875 bits per heavy atom. The minimum absolute atomic E-state index is 0.690. The molecule has 16 heavy (non-hydrogen) atoms. The molecule has 78 valence electrons. The number of nitriles is 1. The average Bonchev–Trinajstić information content (AvgIpc) is 2.39. The van der Waals surface area contributed by atoms with Crippen LogP contribution in [0.15, 0.2) is 48.5 Å². The van der Waals surface area contributed by atoms with Crippen molar-refractivity contribution in [3.05, 3.63) is 54.1 Å². The zero-order valence-corrected chi connectivity index (χ0v) is 9.07. The number of hydrogen-bond acceptors (Lipinski definition) is 2. The molecule has 2 heteroatoms. The Morgan fingerprint density at radius 3 is 1.81 bits per heavy atom. The van der Waals surface area contributed by atoms with Gasteiger partial charge in [0.25, 0.3) is 0 Å². The number of nitrogens with zero attached hydrogens (tertiary/aromatic N) is 1. The molecule has 0 fully saturated rings. The highest BCUT2D eigenvalue weighted by atomic mass is 14.8. The van der Waals surface area contributed by atoms with E-state index >= 15 is 0 Å². The van der Waals surface area contributed by atoms with Crippen LogP contribution in [0.2, 0.25) is 0 Å². The van der Waals surface area contributed by atoms with E-state index in [-0.39, 0.29) is 0 Å². The fourth-order valence-corrected chi connectivity index (χ4v) is 1.57. The lowest BCUT2D eigenvalue weighted by Crippen LogP contribution is -1.86. The van der Waals surface area contributed by atoms with Crippen LogP contribution in [0.25, 0.3) is 11.1 Å². The fourth-order valence-electron chi connectivity index (χ4n) is 1.57. The molecule has 0 aromatic heterocycles. The highest BCUT2D eigenvalue weighted by Gasteiger charge is 1.97. The van der Waals surface area contributed by atoms with Crippen molar-refractivity contribution in [2.75, 3.05) is 12.4 Å². The first kappa shape index (κ1) is 10.3. The number of hydrogen-bond donors (Lipinski definition) is 1. The molecule has 0 saturated heterocycles. The highest BCUT2D eigenvalue weighted by molar-refractivity contribution is 5.66. The van der Waals surface area contributed by atoms with Crippen LogP contribution in [0, 0.1) is 11.3 Å². The van der Waals surface area contributed by atoms with Crippen molar-refractivity contribution in [3.8, 4) is 17.2 Å². The largest absolute Gasteiger partial charge is 0.388 e. The lowest BCUT2D eigenvalue weighted by atomic mass is 10.0. The lowest BCUT2D eigenvalue weighted by Gasteiger charge is -2.03. The van der Waals surface area contributed by atoms with Crippen molar-refractivity contribution in [2.24, 2.45) is 0 Å². The van der Waals surface area contributed by atoms with E-state index in [1.807, 2.05) is 43.4 Å². The third kappa shape index (κ3) is 2.04. The van der Waals surface area contributed by atoms with Gasteiger partial charge in [-0.2, -0.15) is 5.26 Å². The summed E-state index contributed by atoms with van der Waals surface area (Å²) in [7, 11) is 1.90. The molecule has 0 bridgehead atoms. The maximum Gasteiger partial charge on any atom is 0.0991 e. The van der Waals surface area contributed by atoms with Gasteiger partial charge in [-0.1, -0.05) is 24.3 Å². The molecule has 0 heterocycles. The quantitative estimate of drug-likeness (QED) is 0.822. The van der Waals surface area contributed by atoms with Crippen LogP contribution in [-0.2, 0) is 0 Å². The minimum atomic E-state index is 0.690. The molecule has 0 atom stereocenters. The van der Waals surface area contributed by atoms with Crippen molar-refractivity contribution in [2.45, 2.75) is 0 Å². The second kappa shape index (κ2) is 4.50. The van der Waals surface area contributed by atoms with E-state index in [2.05, 4.69) is 23.5 Å². The third-order valence-corrected chi connectivity index (χ3v) is 2.52. The molecule has 2 rings (SSSR count). The van der Waals surface area contributed by atoms with Gasteiger partial charge in [0.1, 0.15) is 0 Å². The van der Waals surface area contributed by atoms with E-state index in [1.54, 1.807) is 0 Å². The molecule has 0 unspecified atom stereocenters. The van der Waals surface area contributed by atoms with Gasteiger partial charge in [-0.25, -0.2) is 0 Å². The second-order valence-corrected chi connectivity index (χ2v) is 3.52. The van der Waals surface area contributed by atoms with Crippen LogP contribution >= 0.6 is 0 Å².